The SMILES string of the molecule is COc1ccc(F)cc1C(Br)CCOCC(F)(F)F. The summed E-state index contributed by atoms with van der Waals surface area (Å²) < 4.78 is 58.3. The average molecular weight is 345 g/mol. The van der Waals surface area contributed by atoms with Gasteiger partial charge >= 0.3 is 6.18 Å². The van der Waals surface area contributed by atoms with Gasteiger partial charge in [0.15, 0.2) is 0 Å². The standard InChI is InChI=1S/C12H13BrF4O2/c1-18-11-3-2-8(14)6-9(11)10(13)4-5-19-7-12(15,16)17/h2-3,6,10H,4-5,7H2,1H3. The Bertz CT molecular complexity index is 409. The van der Waals surface area contributed by atoms with Gasteiger partial charge in [-0.05, 0) is 24.6 Å². The molecule has 1 unspecified atom stereocenters. The second-order valence-electron chi connectivity index (χ2n) is 3.81. The zero-order chi connectivity index (χ0) is 14.5. The van der Waals surface area contributed by atoms with Crippen LogP contribution in [0.5, 0.6) is 5.75 Å². The molecule has 0 N–H and O–H groups in total. The Morgan fingerprint density at radius 2 is 2.00 bits per heavy atom. The molecule has 0 fully saturated rings. The molecule has 1 aromatic rings. The van der Waals surface area contributed by atoms with E-state index in [0.29, 0.717) is 11.3 Å². The summed E-state index contributed by atoms with van der Waals surface area (Å²) in [6, 6.07) is 4.00. The molecule has 0 aromatic heterocycles. The Hall–Kier alpha value is -0.820. The molecule has 0 saturated heterocycles. The fraction of sp³-hybridized carbons (Fsp3) is 0.500. The number of rotatable bonds is 6. The van der Waals surface area contributed by atoms with E-state index in [1.165, 1.54) is 25.3 Å². The van der Waals surface area contributed by atoms with Gasteiger partial charge in [-0.25, -0.2) is 4.39 Å². The van der Waals surface area contributed by atoms with Crippen LogP contribution in [-0.2, 0) is 4.74 Å². The number of methoxy groups -OCH3 is 1. The van der Waals surface area contributed by atoms with Crippen molar-refractivity contribution in [2.24, 2.45) is 0 Å². The molecule has 1 rings (SSSR count). The Morgan fingerprint density at radius 3 is 2.58 bits per heavy atom. The van der Waals surface area contributed by atoms with Gasteiger partial charge in [0.05, 0.1) is 7.11 Å². The molecule has 108 valence electrons. The summed E-state index contributed by atoms with van der Waals surface area (Å²) in [5.74, 6) is 0.0376. The van der Waals surface area contributed by atoms with Crippen molar-refractivity contribution >= 4 is 15.9 Å². The summed E-state index contributed by atoms with van der Waals surface area (Å²) in [6.07, 6.45) is -4.06. The number of benzene rings is 1. The molecule has 7 heteroatoms. The van der Waals surface area contributed by atoms with E-state index < -0.39 is 18.6 Å². The van der Waals surface area contributed by atoms with Gasteiger partial charge in [-0.1, -0.05) is 15.9 Å². The van der Waals surface area contributed by atoms with Crippen molar-refractivity contribution in [1.82, 2.24) is 0 Å². The predicted molar refractivity (Wildman–Crippen MR) is 66.1 cm³/mol. The third kappa shape index (κ3) is 5.78. The minimum Gasteiger partial charge on any atom is -0.496 e. The maximum atomic E-state index is 13.1. The van der Waals surface area contributed by atoms with Crippen molar-refractivity contribution in [2.45, 2.75) is 17.4 Å². The minimum absolute atomic E-state index is 0.0882. The number of hydrogen-bond acceptors (Lipinski definition) is 2. The van der Waals surface area contributed by atoms with Gasteiger partial charge in [0.25, 0.3) is 0 Å². The van der Waals surface area contributed by atoms with Gasteiger partial charge in [-0.2, -0.15) is 13.2 Å². The van der Waals surface area contributed by atoms with Crippen LogP contribution in [0.25, 0.3) is 0 Å². The molecule has 0 amide bonds. The Labute approximate surface area is 116 Å². The van der Waals surface area contributed by atoms with Gasteiger partial charge < -0.3 is 9.47 Å². The van der Waals surface area contributed by atoms with E-state index in [4.69, 9.17) is 4.74 Å². The van der Waals surface area contributed by atoms with Crippen molar-refractivity contribution in [2.75, 3.05) is 20.3 Å². The molecule has 0 heterocycles. The molecule has 0 saturated carbocycles. The topological polar surface area (TPSA) is 18.5 Å². The van der Waals surface area contributed by atoms with Crippen molar-refractivity contribution in [1.29, 1.82) is 0 Å². The summed E-state index contributed by atoms with van der Waals surface area (Å²) >= 11 is 3.28. The first-order valence-corrected chi connectivity index (χ1v) is 6.37. The molecule has 0 bridgehead atoms. The molecular formula is C12H13BrF4O2. The molecule has 0 aliphatic heterocycles. The molecule has 2 nitrogen and oxygen atoms in total. The average Bonchev–Trinajstić information content (AvgIpc) is 2.33. The number of halogens is 5. The van der Waals surface area contributed by atoms with Crippen LogP contribution < -0.4 is 4.74 Å². The lowest BCUT2D eigenvalue weighted by molar-refractivity contribution is -0.174. The van der Waals surface area contributed by atoms with Crippen molar-refractivity contribution < 1.29 is 27.0 Å². The zero-order valence-electron chi connectivity index (χ0n) is 10.1. The molecule has 0 aliphatic rings. The predicted octanol–water partition coefficient (Wildman–Crippen LogP) is 4.24. The Morgan fingerprint density at radius 1 is 1.32 bits per heavy atom. The molecule has 0 radical (unpaired) electrons. The Kier molecular flexibility index (Phi) is 6.06. The van der Waals surface area contributed by atoms with Crippen LogP contribution in [0.2, 0.25) is 0 Å². The third-order valence-electron chi connectivity index (χ3n) is 2.31. The second-order valence-corrected chi connectivity index (χ2v) is 4.92. The van der Waals surface area contributed by atoms with Gasteiger partial charge in [-0.15, -0.1) is 0 Å². The number of hydrogen-bond donors (Lipinski definition) is 0. The van der Waals surface area contributed by atoms with Gasteiger partial charge in [0.2, 0.25) is 0 Å². The smallest absolute Gasteiger partial charge is 0.411 e. The molecular weight excluding hydrogens is 332 g/mol. The molecule has 1 aromatic carbocycles. The van der Waals surface area contributed by atoms with E-state index in [0.717, 1.165) is 0 Å². The van der Waals surface area contributed by atoms with E-state index >= 15 is 0 Å². The maximum absolute atomic E-state index is 13.1. The van der Waals surface area contributed by atoms with Crippen LogP contribution in [0.3, 0.4) is 0 Å². The monoisotopic (exact) mass is 344 g/mol. The lowest BCUT2D eigenvalue weighted by Crippen LogP contribution is -2.17. The molecule has 0 spiro atoms. The Balaban J connectivity index is 2.53. The molecule has 0 aliphatic carbocycles. The fourth-order valence-corrected chi connectivity index (χ4v) is 2.02. The lowest BCUT2D eigenvalue weighted by Gasteiger charge is -2.15. The fourth-order valence-electron chi connectivity index (χ4n) is 1.48. The van der Waals surface area contributed by atoms with Crippen molar-refractivity contribution in [3.05, 3.63) is 29.6 Å². The summed E-state index contributed by atoms with van der Waals surface area (Å²) in [5, 5.41) is 0. The highest BCUT2D eigenvalue weighted by atomic mass is 79.9. The summed E-state index contributed by atoms with van der Waals surface area (Å²) in [5.41, 5.74) is 0.540. The summed E-state index contributed by atoms with van der Waals surface area (Å²) in [4.78, 5) is -0.341. The van der Waals surface area contributed by atoms with Crippen LogP contribution in [-0.4, -0.2) is 26.5 Å². The molecule has 1 atom stereocenters. The van der Waals surface area contributed by atoms with Gasteiger partial charge in [0.1, 0.15) is 18.2 Å². The van der Waals surface area contributed by atoms with Crippen LogP contribution in [0.15, 0.2) is 18.2 Å². The quantitative estimate of drug-likeness (QED) is 0.436. The second kappa shape index (κ2) is 7.09. The van der Waals surface area contributed by atoms with Crippen molar-refractivity contribution in [3.63, 3.8) is 0 Å². The number of ether oxygens (including phenoxy) is 2. The van der Waals surface area contributed by atoms with E-state index in [1.807, 2.05) is 0 Å². The highest BCUT2D eigenvalue weighted by Gasteiger charge is 2.27. The first kappa shape index (κ1) is 16.2. The first-order chi connectivity index (χ1) is 8.83. The van der Waals surface area contributed by atoms with Crippen molar-refractivity contribution in [3.8, 4) is 5.75 Å². The zero-order valence-corrected chi connectivity index (χ0v) is 11.7. The maximum Gasteiger partial charge on any atom is 0.411 e. The van der Waals surface area contributed by atoms with Crippen LogP contribution in [0, 0.1) is 5.82 Å². The van der Waals surface area contributed by atoms with Crippen LogP contribution >= 0.6 is 15.9 Å². The van der Waals surface area contributed by atoms with E-state index in [9.17, 15) is 17.6 Å². The highest BCUT2D eigenvalue weighted by molar-refractivity contribution is 9.09. The van der Waals surface area contributed by atoms with Gasteiger partial charge in [0, 0.05) is 17.0 Å². The summed E-state index contributed by atoms with van der Waals surface area (Å²) in [6.45, 7) is -1.37. The summed E-state index contributed by atoms with van der Waals surface area (Å²) in [7, 11) is 1.44. The minimum atomic E-state index is -4.33. The normalized spacial score (nSPS) is 13.4. The van der Waals surface area contributed by atoms with Crippen LogP contribution in [0.1, 0.15) is 16.8 Å². The third-order valence-corrected chi connectivity index (χ3v) is 3.26. The lowest BCUT2D eigenvalue weighted by atomic mass is 10.1. The number of alkyl halides is 4. The highest BCUT2D eigenvalue weighted by Crippen LogP contribution is 2.34. The molecule has 19 heavy (non-hydrogen) atoms. The largest absolute Gasteiger partial charge is 0.496 e. The van der Waals surface area contributed by atoms with Gasteiger partial charge in [-0.3, -0.25) is 0 Å². The first-order valence-electron chi connectivity index (χ1n) is 5.45. The van der Waals surface area contributed by atoms with E-state index in [1.54, 1.807) is 0 Å². The van der Waals surface area contributed by atoms with E-state index in [-0.39, 0.29) is 17.9 Å². The van der Waals surface area contributed by atoms with E-state index in [2.05, 4.69) is 20.7 Å². The van der Waals surface area contributed by atoms with Crippen LogP contribution in [0.4, 0.5) is 17.6 Å².